The summed E-state index contributed by atoms with van der Waals surface area (Å²) in [6.45, 7) is 4.24. The highest BCUT2D eigenvalue weighted by molar-refractivity contribution is 5.80. The molecular weight excluding hydrogens is 352 g/mol. The number of hydrogen-bond donors (Lipinski definition) is 1. The predicted octanol–water partition coefficient (Wildman–Crippen LogP) is 3.93. The van der Waals surface area contributed by atoms with E-state index in [2.05, 4.69) is 5.32 Å². The molecule has 1 aliphatic rings. The monoisotopic (exact) mass is 380 g/mol. The van der Waals surface area contributed by atoms with Crippen LogP contribution in [0.4, 0.5) is 0 Å². The molecule has 1 N–H and O–H groups in total. The van der Waals surface area contributed by atoms with Gasteiger partial charge < -0.3 is 15.0 Å². The number of likely N-dealkylation sites (tertiary alicyclic amines) is 1. The fourth-order valence-electron chi connectivity index (χ4n) is 3.85. The van der Waals surface area contributed by atoms with Crippen molar-refractivity contribution in [1.29, 1.82) is 0 Å². The van der Waals surface area contributed by atoms with Crippen LogP contribution in [0.15, 0.2) is 48.5 Å². The molecule has 2 aromatic rings. The van der Waals surface area contributed by atoms with E-state index in [1.165, 1.54) is 6.92 Å². The summed E-state index contributed by atoms with van der Waals surface area (Å²) in [5.74, 6) is 0.723. The van der Waals surface area contributed by atoms with Gasteiger partial charge in [-0.2, -0.15) is 0 Å². The summed E-state index contributed by atoms with van der Waals surface area (Å²) in [5, 5.41) is 2.94. The van der Waals surface area contributed by atoms with Crippen LogP contribution in [0.1, 0.15) is 55.0 Å². The van der Waals surface area contributed by atoms with Crippen LogP contribution in [0, 0.1) is 6.92 Å². The Balaban J connectivity index is 1.78. The summed E-state index contributed by atoms with van der Waals surface area (Å²) in [5.41, 5.74) is 3.19. The molecule has 2 aromatic carbocycles. The largest absolute Gasteiger partial charge is 0.497 e. The topological polar surface area (TPSA) is 58.6 Å². The second-order valence-corrected chi connectivity index (χ2v) is 7.39. The predicted molar refractivity (Wildman–Crippen MR) is 109 cm³/mol. The number of carbonyl (C=O) groups is 2. The maximum atomic E-state index is 13.2. The second-order valence-electron chi connectivity index (χ2n) is 7.39. The van der Waals surface area contributed by atoms with Crippen molar-refractivity contribution in [1.82, 2.24) is 10.2 Å². The number of methoxy groups -OCH3 is 1. The fraction of sp³-hybridized carbons (Fsp3) is 0.391. The van der Waals surface area contributed by atoms with Gasteiger partial charge in [-0.25, -0.2) is 0 Å². The van der Waals surface area contributed by atoms with Crippen LogP contribution in [-0.2, 0) is 9.59 Å². The van der Waals surface area contributed by atoms with Gasteiger partial charge in [0, 0.05) is 13.5 Å². The average Bonchev–Trinajstić information content (AvgIpc) is 3.18. The van der Waals surface area contributed by atoms with E-state index < -0.39 is 0 Å². The zero-order valence-electron chi connectivity index (χ0n) is 16.8. The number of aryl methyl sites for hydroxylation is 1. The Morgan fingerprint density at radius 2 is 1.96 bits per heavy atom. The number of nitrogens with one attached hydrogen (secondary N) is 1. The molecule has 0 spiro atoms. The Hall–Kier alpha value is -2.82. The molecule has 0 aliphatic carbocycles. The molecule has 1 fully saturated rings. The minimum absolute atomic E-state index is 0.0543. The summed E-state index contributed by atoms with van der Waals surface area (Å²) >= 11 is 0. The van der Waals surface area contributed by atoms with E-state index in [0.29, 0.717) is 0 Å². The third kappa shape index (κ3) is 4.71. The summed E-state index contributed by atoms with van der Waals surface area (Å²) in [4.78, 5) is 26.8. The quantitative estimate of drug-likeness (QED) is 0.826. The molecule has 1 aliphatic heterocycles. The van der Waals surface area contributed by atoms with E-state index in [1.807, 2.05) is 60.4 Å². The van der Waals surface area contributed by atoms with E-state index >= 15 is 0 Å². The highest BCUT2D eigenvalue weighted by Gasteiger charge is 2.31. The lowest BCUT2D eigenvalue weighted by Gasteiger charge is -2.28. The second kappa shape index (κ2) is 8.91. The molecule has 148 valence electrons. The van der Waals surface area contributed by atoms with E-state index in [0.717, 1.165) is 41.8 Å². The fourth-order valence-corrected chi connectivity index (χ4v) is 3.85. The first-order valence-corrected chi connectivity index (χ1v) is 9.75. The van der Waals surface area contributed by atoms with Crippen LogP contribution < -0.4 is 10.1 Å². The van der Waals surface area contributed by atoms with Crippen LogP contribution in [0.25, 0.3) is 0 Å². The Morgan fingerprint density at radius 1 is 1.21 bits per heavy atom. The molecule has 0 bridgehead atoms. The van der Waals surface area contributed by atoms with Gasteiger partial charge in [-0.1, -0.05) is 42.0 Å². The van der Waals surface area contributed by atoms with Crippen molar-refractivity contribution in [3.63, 3.8) is 0 Å². The van der Waals surface area contributed by atoms with Crippen LogP contribution in [0.5, 0.6) is 5.75 Å². The SMILES string of the molecule is COc1cccc(C2CCCN2C(=O)CC(NC(C)=O)c2ccc(C)cc2)c1. The van der Waals surface area contributed by atoms with Gasteiger partial charge in [0.15, 0.2) is 0 Å². The number of hydrogen-bond acceptors (Lipinski definition) is 3. The number of amides is 2. The Morgan fingerprint density at radius 3 is 2.64 bits per heavy atom. The molecule has 2 unspecified atom stereocenters. The highest BCUT2D eigenvalue weighted by Crippen LogP contribution is 2.34. The summed E-state index contributed by atoms with van der Waals surface area (Å²) < 4.78 is 5.33. The normalized spacial score (nSPS) is 17.2. The summed E-state index contributed by atoms with van der Waals surface area (Å²) in [6.07, 6.45) is 2.17. The van der Waals surface area contributed by atoms with Gasteiger partial charge >= 0.3 is 0 Å². The van der Waals surface area contributed by atoms with Gasteiger partial charge in [0.05, 0.1) is 25.6 Å². The Kier molecular flexibility index (Phi) is 6.34. The lowest BCUT2D eigenvalue weighted by Crippen LogP contribution is -2.35. The molecule has 0 aromatic heterocycles. The Bertz CT molecular complexity index is 832. The molecule has 3 rings (SSSR count). The van der Waals surface area contributed by atoms with Gasteiger partial charge in [-0.3, -0.25) is 9.59 Å². The lowest BCUT2D eigenvalue weighted by atomic mass is 10.00. The molecule has 5 nitrogen and oxygen atoms in total. The zero-order valence-corrected chi connectivity index (χ0v) is 16.8. The van der Waals surface area contributed by atoms with Crippen molar-refractivity contribution in [3.05, 3.63) is 65.2 Å². The van der Waals surface area contributed by atoms with E-state index in [9.17, 15) is 9.59 Å². The summed E-state index contributed by atoms with van der Waals surface area (Å²) in [7, 11) is 1.65. The molecule has 1 saturated heterocycles. The van der Waals surface area contributed by atoms with Crippen LogP contribution in [0.3, 0.4) is 0 Å². The summed E-state index contributed by atoms with van der Waals surface area (Å²) in [6, 6.07) is 15.6. The van der Waals surface area contributed by atoms with Crippen molar-refractivity contribution >= 4 is 11.8 Å². The molecule has 0 radical (unpaired) electrons. The van der Waals surface area contributed by atoms with Crippen molar-refractivity contribution in [2.24, 2.45) is 0 Å². The number of benzene rings is 2. The van der Waals surface area contributed by atoms with Gasteiger partial charge in [0.1, 0.15) is 5.75 Å². The molecule has 5 heteroatoms. The molecule has 2 amide bonds. The van der Waals surface area contributed by atoms with Crippen molar-refractivity contribution in [2.75, 3.05) is 13.7 Å². The first kappa shape index (κ1) is 19.9. The smallest absolute Gasteiger partial charge is 0.225 e. The van der Waals surface area contributed by atoms with E-state index in [-0.39, 0.29) is 30.3 Å². The third-order valence-corrected chi connectivity index (χ3v) is 5.29. The van der Waals surface area contributed by atoms with Crippen LogP contribution in [0.2, 0.25) is 0 Å². The van der Waals surface area contributed by atoms with Gasteiger partial charge in [-0.05, 0) is 43.0 Å². The third-order valence-electron chi connectivity index (χ3n) is 5.29. The average molecular weight is 380 g/mol. The number of nitrogens with zero attached hydrogens (tertiary/aromatic N) is 1. The van der Waals surface area contributed by atoms with Crippen LogP contribution >= 0.6 is 0 Å². The number of carbonyl (C=O) groups excluding carboxylic acids is 2. The van der Waals surface area contributed by atoms with Gasteiger partial charge in [0.25, 0.3) is 0 Å². The van der Waals surface area contributed by atoms with Gasteiger partial charge in [0.2, 0.25) is 11.8 Å². The zero-order chi connectivity index (χ0) is 20.1. The molecular formula is C23H28N2O3. The molecule has 1 heterocycles. The van der Waals surface area contributed by atoms with Gasteiger partial charge in [-0.15, -0.1) is 0 Å². The first-order chi connectivity index (χ1) is 13.5. The maximum Gasteiger partial charge on any atom is 0.225 e. The van der Waals surface area contributed by atoms with E-state index in [4.69, 9.17) is 4.74 Å². The van der Waals surface area contributed by atoms with Crippen molar-refractivity contribution in [3.8, 4) is 5.75 Å². The maximum absolute atomic E-state index is 13.2. The Labute approximate surface area is 166 Å². The lowest BCUT2D eigenvalue weighted by molar-refractivity contribution is -0.133. The first-order valence-electron chi connectivity index (χ1n) is 9.75. The van der Waals surface area contributed by atoms with Crippen molar-refractivity contribution in [2.45, 2.75) is 45.2 Å². The number of rotatable bonds is 6. The van der Waals surface area contributed by atoms with E-state index in [1.54, 1.807) is 7.11 Å². The minimum Gasteiger partial charge on any atom is -0.497 e. The molecule has 28 heavy (non-hydrogen) atoms. The van der Waals surface area contributed by atoms with Crippen LogP contribution in [-0.4, -0.2) is 30.4 Å². The minimum atomic E-state index is -0.322. The number of ether oxygens (including phenoxy) is 1. The highest BCUT2D eigenvalue weighted by atomic mass is 16.5. The standard InChI is InChI=1S/C23H28N2O3/c1-16-9-11-18(12-10-16)21(24-17(2)26)15-23(27)25-13-5-8-22(25)19-6-4-7-20(14-19)28-3/h4,6-7,9-12,14,21-22H,5,8,13,15H2,1-3H3,(H,24,26). The molecule has 2 atom stereocenters. The molecule has 0 saturated carbocycles. The van der Waals surface area contributed by atoms with Crippen molar-refractivity contribution < 1.29 is 14.3 Å².